The largest absolute Gasteiger partial charge is 0.496 e. The van der Waals surface area contributed by atoms with Crippen molar-refractivity contribution in [2.45, 2.75) is 25.1 Å². The summed E-state index contributed by atoms with van der Waals surface area (Å²) >= 11 is 0. The lowest BCUT2D eigenvalue weighted by molar-refractivity contribution is -0.136. The van der Waals surface area contributed by atoms with Gasteiger partial charge in [-0.3, -0.25) is 0 Å². The molecule has 2 aromatic carbocycles. The summed E-state index contributed by atoms with van der Waals surface area (Å²) in [6.45, 7) is 0. The molecule has 1 unspecified atom stereocenters. The molecule has 2 nitrogen and oxygen atoms in total. The molecule has 1 atom stereocenters. The zero-order valence-corrected chi connectivity index (χ0v) is 11.1. The molecule has 108 valence electrons. The minimum atomic E-state index is -4.18. The van der Waals surface area contributed by atoms with E-state index in [0.717, 1.165) is 10.8 Å². The van der Waals surface area contributed by atoms with Crippen molar-refractivity contribution >= 4 is 10.8 Å². The summed E-state index contributed by atoms with van der Waals surface area (Å²) in [5.41, 5.74) is 6.63. The van der Waals surface area contributed by atoms with Crippen LogP contribution >= 0.6 is 0 Å². The molecule has 0 aliphatic carbocycles. The molecule has 0 spiro atoms. The molecular weight excluding hydrogens is 267 g/mol. The van der Waals surface area contributed by atoms with Crippen molar-refractivity contribution in [3.05, 3.63) is 42.0 Å². The first-order valence-electron chi connectivity index (χ1n) is 6.30. The Morgan fingerprint density at radius 2 is 1.75 bits per heavy atom. The summed E-state index contributed by atoms with van der Waals surface area (Å²) in [6, 6.07) is 10.2. The monoisotopic (exact) mass is 283 g/mol. The highest BCUT2D eigenvalue weighted by molar-refractivity contribution is 5.91. The van der Waals surface area contributed by atoms with Crippen molar-refractivity contribution in [3.8, 4) is 5.75 Å². The van der Waals surface area contributed by atoms with Gasteiger partial charge in [-0.15, -0.1) is 0 Å². The van der Waals surface area contributed by atoms with E-state index in [1.54, 1.807) is 19.2 Å². The molecule has 2 N–H and O–H groups in total. The molecule has 0 heterocycles. The molecule has 0 saturated heterocycles. The number of rotatable bonds is 4. The third kappa shape index (κ3) is 3.22. The van der Waals surface area contributed by atoms with Gasteiger partial charge in [-0.1, -0.05) is 30.3 Å². The quantitative estimate of drug-likeness (QED) is 0.913. The number of methoxy groups -OCH3 is 1. The molecule has 0 amide bonds. The first-order chi connectivity index (χ1) is 9.42. The van der Waals surface area contributed by atoms with E-state index in [-0.39, 0.29) is 6.42 Å². The minimum Gasteiger partial charge on any atom is -0.496 e. The fourth-order valence-corrected chi connectivity index (χ4v) is 2.27. The lowest BCUT2D eigenvalue weighted by Crippen LogP contribution is -2.16. The van der Waals surface area contributed by atoms with Gasteiger partial charge in [-0.05, 0) is 23.4 Å². The van der Waals surface area contributed by atoms with Crippen molar-refractivity contribution in [2.24, 2.45) is 5.73 Å². The number of fused-ring (bicyclic) bond motifs is 1. The van der Waals surface area contributed by atoms with Crippen molar-refractivity contribution in [1.29, 1.82) is 0 Å². The first kappa shape index (κ1) is 14.7. The second-order valence-corrected chi connectivity index (χ2v) is 4.66. The van der Waals surface area contributed by atoms with Crippen LogP contribution in [0.15, 0.2) is 36.4 Å². The van der Waals surface area contributed by atoms with Gasteiger partial charge < -0.3 is 10.5 Å². The average Bonchev–Trinajstić information content (AvgIpc) is 2.42. The van der Waals surface area contributed by atoms with Crippen LogP contribution in [-0.2, 0) is 0 Å². The number of nitrogens with two attached hydrogens (primary N) is 1. The summed E-state index contributed by atoms with van der Waals surface area (Å²) in [4.78, 5) is 0. The lowest BCUT2D eigenvalue weighted by atomic mass is 9.96. The number of alkyl halides is 3. The Labute approximate surface area is 115 Å². The van der Waals surface area contributed by atoms with E-state index in [0.29, 0.717) is 11.3 Å². The van der Waals surface area contributed by atoms with Crippen LogP contribution in [-0.4, -0.2) is 13.3 Å². The highest BCUT2D eigenvalue weighted by Gasteiger charge is 2.28. The van der Waals surface area contributed by atoms with Crippen LogP contribution in [0.2, 0.25) is 0 Å². The number of benzene rings is 2. The van der Waals surface area contributed by atoms with Crippen LogP contribution in [0.5, 0.6) is 5.75 Å². The normalized spacial score (nSPS) is 13.4. The van der Waals surface area contributed by atoms with E-state index < -0.39 is 18.6 Å². The SMILES string of the molecule is COc1ccc(C(N)CCC(F)(F)F)c2ccccc12. The van der Waals surface area contributed by atoms with Gasteiger partial charge in [-0.2, -0.15) is 13.2 Å². The van der Waals surface area contributed by atoms with E-state index in [2.05, 4.69) is 0 Å². The average molecular weight is 283 g/mol. The zero-order valence-electron chi connectivity index (χ0n) is 11.1. The van der Waals surface area contributed by atoms with Gasteiger partial charge in [0.15, 0.2) is 0 Å². The van der Waals surface area contributed by atoms with E-state index in [4.69, 9.17) is 10.5 Å². The van der Waals surface area contributed by atoms with Crippen LogP contribution in [0.4, 0.5) is 13.2 Å². The summed E-state index contributed by atoms with van der Waals surface area (Å²) in [6.07, 6.45) is -5.19. The van der Waals surface area contributed by atoms with Gasteiger partial charge in [0, 0.05) is 17.8 Å². The Morgan fingerprint density at radius 1 is 1.10 bits per heavy atom. The summed E-state index contributed by atoms with van der Waals surface area (Å²) in [7, 11) is 1.56. The summed E-state index contributed by atoms with van der Waals surface area (Å²) in [5.74, 6) is 0.687. The van der Waals surface area contributed by atoms with Crippen LogP contribution in [0.3, 0.4) is 0 Å². The van der Waals surface area contributed by atoms with Crippen molar-refractivity contribution in [2.75, 3.05) is 7.11 Å². The second-order valence-electron chi connectivity index (χ2n) is 4.66. The standard InChI is InChI=1S/C15H16F3NO/c1-20-14-7-6-11(10-4-2-3-5-12(10)14)13(19)8-9-15(16,17)18/h2-7,13H,8-9,19H2,1H3. The van der Waals surface area contributed by atoms with Gasteiger partial charge in [-0.25, -0.2) is 0 Å². The lowest BCUT2D eigenvalue weighted by Gasteiger charge is -2.17. The van der Waals surface area contributed by atoms with Gasteiger partial charge in [0.1, 0.15) is 5.75 Å². The van der Waals surface area contributed by atoms with E-state index in [1.807, 2.05) is 24.3 Å². The van der Waals surface area contributed by atoms with Crippen molar-refractivity contribution < 1.29 is 17.9 Å². The number of hydrogen-bond donors (Lipinski definition) is 1. The zero-order chi connectivity index (χ0) is 14.8. The van der Waals surface area contributed by atoms with Gasteiger partial charge in [0.25, 0.3) is 0 Å². The molecule has 0 radical (unpaired) electrons. The van der Waals surface area contributed by atoms with Crippen LogP contribution in [0.1, 0.15) is 24.4 Å². The highest BCUT2D eigenvalue weighted by Crippen LogP contribution is 2.33. The molecular formula is C15H16F3NO. The third-order valence-corrected chi connectivity index (χ3v) is 3.28. The topological polar surface area (TPSA) is 35.2 Å². The maximum Gasteiger partial charge on any atom is 0.389 e. The Balaban J connectivity index is 2.35. The maximum atomic E-state index is 12.3. The molecule has 5 heteroatoms. The number of halogens is 3. The predicted octanol–water partition coefficient (Wildman–Crippen LogP) is 4.19. The predicted molar refractivity (Wildman–Crippen MR) is 72.7 cm³/mol. The van der Waals surface area contributed by atoms with Crippen LogP contribution in [0, 0.1) is 0 Å². The van der Waals surface area contributed by atoms with Gasteiger partial charge >= 0.3 is 6.18 Å². The molecule has 0 fully saturated rings. The Bertz CT molecular complexity index is 595. The van der Waals surface area contributed by atoms with E-state index >= 15 is 0 Å². The minimum absolute atomic E-state index is 0.125. The Kier molecular flexibility index (Phi) is 4.18. The molecule has 0 bridgehead atoms. The molecule has 2 aromatic rings. The third-order valence-electron chi connectivity index (χ3n) is 3.28. The highest BCUT2D eigenvalue weighted by atomic mass is 19.4. The Morgan fingerprint density at radius 3 is 2.35 bits per heavy atom. The molecule has 0 aliphatic heterocycles. The molecule has 2 rings (SSSR count). The summed E-state index contributed by atoms with van der Waals surface area (Å²) < 4.78 is 42.1. The fraction of sp³-hybridized carbons (Fsp3) is 0.333. The van der Waals surface area contributed by atoms with Crippen LogP contribution < -0.4 is 10.5 Å². The first-order valence-corrected chi connectivity index (χ1v) is 6.30. The molecule has 20 heavy (non-hydrogen) atoms. The van der Waals surface area contributed by atoms with Crippen molar-refractivity contribution in [1.82, 2.24) is 0 Å². The molecule has 0 saturated carbocycles. The smallest absolute Gasteiger partial charge is 0.389 e. The second kappa shape index (κ2) is 5.71. The van der Waals surface area contributed by atoms with E-state index in [1.165, 1.54) is 0 Å². The number of ether oxygens (including phenoxy) is 1. The van der Waals surface area contributed by atoms with Gasteiger partial charge in [0.05, 0.1) is 7.11 Å². The molecule has 0 aromatic heterocycles. The molecule has 0 aliphatic rings. The van der Waals surface area contributed by atoms with Crippen molar-refractivity contribution in [3.63, 3.8) is 0 Å². The number of hydrogen-bond acceptors (Lipinski definition) is 2. The van der Waals surface area contributed by atoms with Crippen LogP contribution in [0.25, 0.3) is 10.8 Å². The van der Waals surface area contributed by atoms with Gasteiger partial charge in [0.2, 0.25) is 0 Å². The Hall–Kier alpha value is -1.75. The maximum absolute atomic E-state index is 12.3. The van der Waals surface area contributed by atoms with E-state index in [9.17, 15) is 13.2 Å². The summed E-state index contributed by atoms with van der Waals surface area (Å²) in [5, 5.41) is 1.69. The fourth-order valence-electron chi connectivity index (χ4n) is 2.27.